The first-order valence-electron chi connectivity index (χ1n) is 22.3. The van der Waals surface area contributed by atoms with Crippen LogP contribution in [0.5, 0.6) is 28.7 Å². The summed E-state index contributed by atoms with van der Waals surface area (Å²) >= 11 is 0. The van der Waals surface area contributed by atoms with E-state index >= 15 is 0 Å². The van der Waals surface area contributed by atoms with E-state index in [4.69, 9.17) is 0 Å². The summed E-state index contributed by atoms with van der Waals surface area (Å²) < 4.78 is 0. The molecule has 6 aromatic rings. The number of phenols is 5. The SMILES string of the molecule is C=C/C=C(\C=C)N(c1cccc(-c2ccccc2C)c1C)c1cc2c(c(C=C)c1C=C)-c1ccc(-c3ccncc3)cc1C2(C(=C(O)C(=O)C1CC1)/C(C=C)=C(\C)O)c1c(O)c(O)c(O)c(O)c1O. The van der Waals surface area contributed by atoms with Crippen molar-refractivity contribution in [2.45, 2.75) is 39.0 Å². The molecule has 5 aromatic carbocycles. The zero-order valence-corrected chi connectivity index (χ0v) is 38.6. The largest absolute Gasteiger partial charge is 0.512 e. The zero-order valence-electron chi connectivity index (χ0n) is 38.6. The monoisotopic (exact) mass is 916 g/mol. The summed E-state index contributed by atoms with van der Waals surface area (Å²) in [5.41, 5.74) is 5.46. The second-order valence-corrected chi connectivity index (χ2v) is 17.1. The number of benzene rings is 5. The first-order valence-corrected chi connectivity index (χ1v) is 22.3. The molecular weight excluding hydrogens is 865 g/mol. The number of Topliss-reactive ketones (excluding diaryl/α,β-unsaturated/α-hetero) is 1. The molecule has 2 aliphatic carbocycles. The number of anilines is 2. The van der Waals surface area contributed by atoms with Crippen LogP contribution in [0.2, 0.25) is 0 Å². The van der Waals surface area contributed by atoms with E-state index in [2.05, 4.69) is 37.9 Å². The summed E-state index contributed by atoms with van der Waals surface area (Å²) in [7, 11) is 0. The lowest BCUT2D eigenvalue weighted by Crippen LogP contribution is -2.34. The Morgan fingerprint density at radius 3 is 1.91 bits per heavy atom. The van der Waals surface area contributed by atoms with E-state index in [1.165, 1.54) is 13.0 Å². The van der Waals surface area contributed by atoms with Crippen molar-refractivity contribution in [2.24, 2.45) is 5.92 Å². The molecule has 1 aromatic heterocycles. The smallest absolute Gasteiger partial charge is 0.208 e. The van der Waals surface area contributed by atoms with Gasteiger partial charge in [0.05, 0.1) is 22.4 Å². The van der Waals surface area contributed by atoms with Crippen molar-refractivity contribution in [3.05, 3.63) is 216 Å². The molecule has 0 spiro atoms. The summed E-state index contributed by atoms with van der Waals surface area (Å²) in [5.74, 6) is -8.44. The third-order valence-corrected chi connectivity index (χ3v) is 13.3. The van der Waals surface area contributed by atoms with Gasteiger partial charge in [0, 0.05) is 46.4 Å². The molecule has 8 rings (SSSR count). The van der Waals surface area contributed by atoms with Gasteiger partial charge in [-0.1, -0.05) is 106 Å². The summed E-state index contributed by atoms with van der Waals surface area (Å²) in [4.78, 5) is 20.7. The minimum atomic E-state index is -2.39. The van der Waals surface area contributed by atoms with E-state index in [0.717, 1.165) is 22.3 Å². The first-order chi connectivity index (χ1) is 33.1. The maximum Gasteiger partial charge on any atom is 0.208 e. The Bertz CT molecular complexity index is 3260. The molecule has 0 amide bonds. The van der Waals surface area contributed by atoms with Crippen molar-refractivity contribution in [1.29, 1.82) is 0 Å². The Kier molecular flexibility index (Phi) is 12.3. The van der Waals surface area contributed by atoms with Crippen molar-refractivity contribution in [3.63, 3.8) is 0 Å². The van der Waals surface area contributed by atoms with E-state index in [1.54, 1.807) is 73.1 Å². The van der Waals surface area contributed by atoms with Crippen LogP contribution in [0.25, 0.3) is 45.5 Å². The number of allylic oxidation sites excluding steroid dienone is 8. The Morgan fingerprint density at radius 2 is 1.33 bits per heavy atom. The van der Waals surface area contributed by atoms with Crippen LogP contribution in [0.1, 0.15) is 58.7 Å². The quantitative estimate of drug-likeness (QED) is 0.0173. The number of carbonyl (C=O) groups is 1. The fourth-order valence-electron chi connectivity index (χ4n) is 9.94. The van der Waals surface area contributed by atoms with Crippen LogP contribution >= 0.6 is 0 Å². The molecule has 1 unspecified atom stereocenters. The number of aromatic nitrogens is 1. The number of nitrogens with zero attached hydrogens (tertiary/aromatic N) is 2. The van der Waals surface area contributed by atoms with Crippen LogP contribution in [-0.4, -0.2) is 46.5 Å². The summed E-state index contributed by atoms with van der Waals surface area (Å²) in [6.07, 6.45) is 13.7. The number of fused-ring (bicyclic) bond motifs is 3. The molecule has 0 aliphatic heterocycles. The molecular formula is C59H52N2O8. The number of rotatable bonds is 15. The van der Waals surface area contributed by atoms with Gasteiger partial charge < -0.3 is 40.6 Å². The number of pyridine rings is 1. The van der Waals surface area contributed by atoms with Gasteiger partial charge in [0.25, 0.3) is 0 Å². The first kappa shape index (κ1) is 46.8. The summed E-state index contributed by atoms with van der Waals surface area (Å²) in [6.45, 7) is 26.2. The van der Waals surface area contributed by atoms with Crippen molar-refractivity contribution in [2.75, 3.05) is 4.90 Å². The number of aliphatic hydroxyl groups is 2. The van der Waals surface area contributed by atoms with E-state index < -0.39 is 62.9 Å². The standard InChI is InChI=1S/C59H52N2O8/c1-9-17-38(10-2)61(47-21-16-20-43(33(47)7)42-19-15-14-18-32(42)6)48-31-46-49(41(13-5)40(48)12-4)44-25-24-37(35-26-28-60-29-27-35)30-45(44)59(46,51-54(65)56(67)58(69)57(68)55(51)66)50(39(11-3)34(8)62)53(64)52(63)36-22-23-36/h9-21,24-31,36,62,64-69H,1-5,22-23H2,6-8H3/b38-17+,39-34+,53-50?. The van der Waals surface area contributed by atoms with Gasteiger partial charge >= 0.3 is 0 Å². The second-order valence-electron chi connectivity index (χ2n) is 17.1. The number of aliphatic hydroxyl groups excluding tert-OH is 2. The molecule has 0 radical (unpaired) electrons. The second kappa shape index (κ2) is 18.1. The van der Waals surface area contributed by atoms with Crippen LogP contribution in [0, 0.1) is 19.8 Å². The lowest BCUT2D eigenvalue weighted by molar-refractivity contribution is -0.119. The van der Waals surface area contributed by atoms with E-state index in [0.29, 0.717) is 63.3 Å². The van der Waals surface area contributed by atoms with Crippen molar-refractivity contribution < 1.29 is 40.5 Å². The maximum absolute atomic E-state index is 14.6. The number of hydrogen-bond donors (Lipinski definition) is 7. The highest BCUT2D eigenvalue weighted by Gasteiger charge is 2.56. The minimum Gasteiger partial charge on any atom is -0.512 e. The number of ketones is 1. The number of aryl methyl sites for hydroxylation is 1. The molecule has 69 heavy (non-hydrogen) atoms. The maximum atomic E-state index is 14.6. The van der Waals surface area contributed by atoms with E-state index in [-0.39, 0.29) is 22.3 Å². The average Bonchev–Trinajstić information content (AvgIpc) is 4.18. The van der Waals surface area contributed by atoms with Gasteiger partial charge in [-0.3, -0.25) is 9.78 Å². The molecule has 10 heteroatoms. The highest BCUT2D eigenvalue weighted by Crippen LogP contribution is 2.67. The molecule has 1 fully saturated rings. The molecule has 1 atom stereocenters. The van der Waals surface area contributed by atoms with Gasteiger partial charge in [0.2, 0.25) is 23.0 Å². The fourth-order valence-corrected chi connectivity index (χ4v) is 9.94. The topological polar surface area (TPSA) is 175 Å². The van der Waals surface area contributed by atoms with Gasteiger partial charge in [0.1, 0.15) is 0 Å². The molecule has 0 saturated heterocycles. The highest BCUT2D eigenvalue weighted by atomic mass is 16.4. The Balaban J connectivity index is 1.68. The zero-order chi connectivity index (χ0) is 49.6. The molecule has 1 heterocycles. The number of carbonyl (C=O) groups excluding carboxylic acids is 1. The van der Waals surface area contributed by atoms with Crippen molar-refractivity contribution in [3.8, 4) is 62.1 Å². The Labute approximate surface area is 401 Å². The molecule has 346 valence electrons. The summed E-state index contributed by atoms with van der Waals surface area (Å²) in [6, 6.07) is 24.6. The van der Waals surface area contributed by atoms with Crippen LogP contribution in [0.15, 0.2) is 177 Å². The number of hydrogen-bond acceptors (Lipinski definition) is 10. The Morgan fingerprint density at radius 1 is 0.696 bits per heavy atom. The normalized spacial score (nSPS) is 15.8. The third-order valence-electron chi connectivity index (χ3n) is 13.3. The Hall–Kier alpha value is -8.76. The average molecular weight is 917 g/mol. The van der Waals surface area contributed by atoms with Gasteiger partial charge in [0.15, 0.2) is 17.3 Å². The molecule has 2 aliphatic rings. The highest BCUT2D eigenvalue weighted by molar-refractivity contribution is 6.04. The fraction of sp³-hybridized carbons (Fsp3) is 0.119. The minimum absolute atomic E-state index is 0.167. The van der Waals surface area contributed by atoms with Gasteiger partial charge in [-0.05, 0) is 137 Å². The predicted octanol–water partition coefficient (Wildman–Crippen LogP) is 13.4. The molecule has 10 nitrogen and oxygen atoms in total. The van der Waals surface area contributed by atoms with Gasteiger partial charge in [-0.2, -0.15) is 0 Å². The van der Waals surface area contributed by atoms with Crippen LogP contribution < -0.4 is 4.90 Å². The van der Waals surface area contributed by atoms with Gasteiger partial charge in [-0.15, -0.1) is 0 Å². The third kappa shape index (κ3) is 7.28. The van der Waals surface area contributed by atoms with Crippen molar-refractivity contribution in [1.82, 2.24) is 4.98 Å². The molecule has 1 saturated carbocycles. The molecule has 0 bridgehead atoms. The lowest BCUT2D eigenvalue weighted by Gasteiger charge is -2.39. The van der Waals surface area contributed by atoms with Crippen LogP contribution in [0.3, 0.4) is 0 Å². The molecule has 7 N–H and O–H groups in total. The number of phenolic OH excluding ortho intramolecular Hbond substituents is 5. The van der Waals surface area contributed by atoms with E-state index in [9.17, 15) is 40.5 Å². The van der Waals surface area contributed by atoms with Crippen LogP contribution in [-0.2, 0) is 10.2 Å². The number of aromatic hydroxyl groups is 5. The predicted molar refractivity (Wildman–Crippen MR) is 275 cm³/mol. The van der Waals surface area contributed by atoms with Crippen molar-refractivity contribution >= 4 is 29.3 Å². The van der Waals surface area contributed by atoms with E-state index in [1.807, 2.05) is 67.3 Å². The van der Waals surface area contributed by atoms with Gasteiger partial charge in [-0.25, -0.2) is 0 Å². The summed E-state index contributed by atoms with van der Waals surface area (Å²) in [5, 5.41) is 83.6. The lowest BCUT2D eigenvalue weighted by atomic mass is 9.63. The van der Waals surface area contributed by atoms with Crippen LogP contribution in [0.4, 0.5) is 11.4 Å².